The van der Waals surface area contributed by atoms with Gasteiger partial charge >= 0.3 is 5.97 Å². The zero-order chi connectivity index (χ0) is 17.0. The normalized spacial score (nSPS) is 19.3. The predicted octanol–water partition coefficient (Wildman–Crippen LogP) is 1.02. The van der Waals surface area contributed by atoms with Crippen LogP contribution in [-0.2, 0) is 19.4 Å². The van der Waals surface area contributed by atoms with Crippen molar-refractivity contribution < 1.29 is 27.1 Å². The summed E-state index contributed by atoms with van der Waals surface area (Å²) in [5.74, 6) is -2.16. The third kappa shape index (κ3) is 4.28. The molecule has 0 spiro atoms. The summed E-state index contributed by atoms with van der Waals surface area (Å²) in [5.41, 5.74) is -0.244. The summed E-state index contributed by atoms with van der Waals surface area (Å²) in [5, 5.41) is 0. The Kier molecular flexibility index (Phi) is 5.35. The maximum absolute atomic E-state index is 13.5. The van der Waals surface area contributed by atoms with Gasteiger partial charge in [-0.25, -0.2) is 17.6 Å². The number of carbonyl (C=O) groups is 2. The van der Waals surface area contributed by atoms with E-state index < -0.39 is 40.2 Å². The minimum atomic E-state index is -3.12. The van der Waals surface area contributed by atoms with Crippen molar-refractivity contribution in [3.8, 4) is 0 Å². The fourth-order valence-corrected chi connectivity index (χ4v) is 4.30. The zero-order valence-electron chi connectivity index (χ0n) is 12.7. The SMILES string of the molecule is CCN(C(=O)COC(=O)c1ccccc1F)C1CCS(=O)(=O)C1. The van der Waals surface area contributed by atoms with E-state index in [1.165, 1.54) is 23.1 Å². The Labute approximate surface area is 134 Å². The van der Waals surface area contributed by atoms with Gasteiger partial charge in [0.25, 0.3) is 5.91 Å². The first-order valence-corrected chi connectivity index (χ1v) is 9.07. The minimum Gasteiger partial charge on any atom is -0.452 e. The molecule has 1 fully saturated rings. The molecule has 1 atom stereocenters. The van der Waals surface area contributed by atoms with Crippen molar-refractivity contribution in [3.63, 3.8) is 0 Å². The molecule has 1 heterocycles. The van der Waals surface area contributed by atoms with Crippen molar-refractivity contribution >= 4 is 21.7 Å². The standard InChI is InChI=1S/C15H18FNO5S/c1-2-17(11-7-8-23(20,21)10-11)14(18)9-22-15(19)12-5-3-4-6-13(12)16/h3-6,11H,2,7-10H2,1H3. The molecule has 0 aliphatic carbocycles. The molecule has 2 rings (SSSR count). The van der Waals surface area contributed by atoms with Crippen molar-refractivity contribution in [2.24, 2.45) is 0 Å². The van der Waals surface area contributed by atoms with Gasteiger partial charge in [-0.05, 0) is 25.5 Å². The summed E-state index contributed by atoms with van der Waals surface area (Å²) < 4.78 is 41.3. The van der Waals surface area contributed by atoms with Gasteiger partial charge in [-0.3, -0.25) is 4.79 Å². The number of ether oxygens (including phenoxy) is 1. The smallest absolute Gasteiger partial charge is 0.341 e. The lowest BCUT2D eigenvalue weighted by atomic mass is 10.2. The first-order chi connectivity index (χ1) is 10.8. The summed E-state index contributed by atoms with van der Waals surface area (Å²) in [7, 11) is -3.12. The van der Waals surface area contributed by atoms with Crippen molar-refractivity contribution in [1.29, 1.82) is 0 Å². The van der Waals surface area contributed by atoms with Crippen LogP contribution in [0.5, 0.6) is 0 Å². The van der Waals surface area contributed by atoms with Crippen LogP contribution >= 0.6 is 0 Å². The second-order valence-electron chi connectivity index (χ2n) is 5.29. The van der Waals surface area contributed by atoms with E-state index in [1.54, 1.807) is 6.92 Å². The van der Waals surface area contributed by atoms with Crippen LogP contribution in [0, 0.1) is 5.82 Å². The second-order valence-corrected chi connectivity index (χ2v) is 7.52. The van der Waals surface area contributed by atoms with Crippen LogP contribution in [0.2, 0.25) is 0 Å². The number of sulfone groups is 1. The van der Waals surface area contributed by atoms with E-state index in [9.17, 15) is 22.4 Å². The van der Waals surface area contributed by atoms with E-state index in [1.807, 2.05) is 0 Å². The lowest BCUT2D eigenvalue weighted by molar-refractivity contribution is -0.136. The molecule has 0 bridgehead atoms. The molecule has 8 heteroatoms. The first-order valence-electron chi connectivity index (χ1n) is 7.25. The maximum atomic E-state index is 13.5. The van der Waals surface area contributed by atoms with Gasteiger partial charge in [0.2, 0.25) is 0 Å². The number of benzene rings is 1. The number of amides is 1. The summed E-state index contributed by atoms with van der Waals surface area (Å²) in [4.78, 5) is 25.3. The van der Waals surface area contributed by atoms with Gasteiger partial charge in [-0.15, -0.1) is 0 Å². The number of likely N-dealkylation sites (N-methyl/N-ethyl adjacent to an activating group) is 1. The zero-order valence-corrected chi connectivity index (χ0v) is 13.5. The summed E-state index contributed by atoms with van der Waals surface area (Å²) >= 11 is 0. The largest absolute Gasteiger partial charge is 0.452 e. The van der Waals surface area contributed by atoms with Crippen LogP contribution in [0.3, 0.4) is 0 Å². The topological polar surface area (TPSA) is 80.8 Å². The number of carbonyl (C=O) groups excluding carboxylic acids is 2. The van der Waals surface area contributed by atoms with E-state index in [0.29, 0.717) is 13.0 Å². The highest BCUT2D eigenvalue weighted by molar-refractivity contribution is 7.91. The Morgan fingerprint density at radius 1 is 1.35 bits per heavy atom. The molecule has 0 aromatic heterocycles. The Hall–Kier alpha value is -1.96. The van der Waals surface area contributed by atoms with Crippen LogP contribution in [0.4, 0.5) is 4.39 Å². The van der Waals surface area contributed by atoms with E-state index in [2.05, 4.69) is 0 Å². The molecule has 23 heavy (non-hydrogen) atoms. The van der Waals surface area contributed by atoms with Gasteiger partial charge in [0, 0.05) is 12.6 Å². The van der Waals surface area contributed by atoms with Gasteiger partial charge in [-0.1, -0.05) is 12.1 Å². The van der Waals surface area contributed by atoms with Crippen LogP contribution in [0.1, 0.15) is 23.7 Å². The molecule has 1 amide bonds. The van der Waals surface area contributed by atoms with E-state index >= 15 is 0 Å². The van der Waals surface area contributed by atoms with E-state index in [0.717, 1.165) is 6.07 Å². The van der Waals surface area contributed by atoms with Crippen molar-refractivity contribution in [3.05, 3.63) is 35.6 Å². The molecule has 1 aromatic carbocycles. The van der Waals surface area contributed by atoms with Gasteiger partial charge < -0.3 is 9.64 Å². The van der Waals surface area contributed by atoms with Gasteiger partial charge in [0.1, 0.15) is 5.82 Å². The fraction of sp³-hybridized carbons (Fsp3) is 0.467. The first kappa shape index (κ1) is 17.4. The Bertz CT molecular complexity index is 704. The summed E-state index contributed by atoms with van der Waals surface area (Å²) in [6.45, 7) is 1.50. The van der Waals surface area contributed by atoms with Crippen molar-refractivity contribution in [1.82, 2.24) is 4.90 Å². The van der Waals surface area contributed by atoms with Crippen LogP contribution in [-0.4, -0.2) is 55.9 Å². The van der Waals surface area contributed by atoms with Crippen LogP contribution < -0.4 is 0 Å². The summed E-state index contributed by atoms with van der Waals surface area (Å²) in [6, 6.07) is 4.92. The monoisotopic (exact) mass is 343 g/mol. The fourth-order valence-electron chi connectivity index (χ4n) is 2.57. The third-order valence-corrected chi connectivity index (χ3v) is 5.48. The van der Waals surface area contributed by atoms with Gasteiger partial charge in [-0.2, -0.15) is 0 Å². The summed E-state index contributed by atoms with van der Waals surface area (Å²) in [6.07, 6.45) is 0.378. The molecular formula is C15H18FNO5S. The van der Waals surface area contributed by atoms with Gasteiger partial charge in [0.05, 0.1) is 17.1 Å². The van der Waals surface area contributed by atoms with Crippen LogP contribution in [0.25, 0.3) is 0 Å². The average Bonchev–Trinajstić information content (AvgIpc) is 2.86. The predicted molar refractivity (Wildman–Crippen MR) is 81.1 cm³/mol. The quantitative estimate of drug-likeness (QED) is 0.746. The highest BCUT2D eigenvalue weighted by atomic mass is 32.2. The highest BCUT2D eigenvalue weighted by Crippen LogP contribution is 2.18. The van der Waals surface area contributed by atoms with Crippen molar-refractivity contribution in [2.75, 3.05) is 24.7 Å². The number of nitrogens with zero attached hydrogens (tertiary/aromatic N) is 1. The molecule has 0 saturated carbocycles. The number of hydrogen-bond donors (Lipinski definition) is 0. The Morgan fingerprint density at radius 2 is 2.04 bits per heavy atom. The number of hydrogen-bond acceptors (Lipinski definition) is 5. The number of rotatable bonds is 5. The van der Waals surface area contributed by atoms with Gasteiger partial charge in [0.15, 0.2) is 16.4 Å². The lowest BCUT2D eigenvalue weighted by Gasteiger charge is -2.26. The molecule has 6 nitrogen and oxygen atoms in total. The number of halogens is 1. The number of esters is 1. The molecule has 1 saturated heterocycles. The van der Waals surface area contributed by atoms with E-state index in [-0.39, 0.29) is 17.1 Å². The van der Waals surface area contributed by atoms with Crippen molar-refractivity contribution in [2.45, 2.75) is 19.4 Å². The molecular weight excluding hydrogens is 325 g/mol. The molecule has 1 aliphatic rings. The molecule has 1 aromatic rings. The molecule has 1 unspecified atom stereocenters. The average molecular weight is 343 g/mol. The second kappa shape index (κ2) is 7.08. The van der Waals surface area contributed by atoms with E-state index in [4.69, 9.17) is 4.74 Å². The third-order valence-electron chi connectivity index (χ3n) is 3.73. The Balaban J connectivity index is 1.95. The lowest BCUT2D eigenvalue weighted by Crippen LogP contribution is -2.43. The Morgan fingerprint density at radius 3 is 2.61 bits per heavy atom. The molecule has 126 valence electrons. The minimum absolute atomic E-state index is 0.0520. The molecule has 0 radical (unpaired) electrons. The molecule has 1 aliphatic heterocycles. The molecule has 0 N–H and O–H groups in total. The maximum Gasteiger partial charge on any atom is 0.341 e. The highest BCUT2D eigenvalue weighted by Gasteiger charge is 2.34. The van der Waals surface area contributed by atoms with Crippen LogP contribution in [0.15, 0.2) is 24.3 Å².